The van der Waals surface area contributed by atoms with E-state index in [-0.39, 0.29) is 6.09 Å². The van der Waals surface area contributed by atoms with Crippen LogP contribution in [-0.4, -0.2) is 54.4 Å². The third kappa shape index (κ3) is 3.74. The van der Waals surface area contributed by atoms with Crippen LogP contribution in [0.2, 0.25) is 0 Å². The standard InChI is InChI=1S/C17H31N3O2/c1-16(2,3)22-15(21)20-10-5-14(6-11-20)19-17(7-8-17)13-4-9-18-12-13/h13-14,18-19H,4-12H2,1-3H3/t13-/m1/s1. The van der Waals surface area contributed by atoms with Crippen molar-refractivity contribution in [2.24, 2.45) is 5.92 Å². The first-order valence-corrected chi connectivity index (χ1v) is 8.84. The van der Waals surface area contributed by atoms with Gasteiger partial charge in [0, 0.05) is 24.7 Å². The van der Waals surface area contributed by atoms with Gasteiger partial charge in [-0.25, -0.2) is 4.79 Å². The first-order chi connectivity index (χ1) is 10.4. The summed E-state index contributed by atoms with van der Waals surface area (Å²) in [6.45, 7) is 9.73. The summed E-state index contributed by atoms with van der Waals surface area (Å²) < 4.78 is 5.47. The second-order valence-electron chi connectivity index (χ2n) is 8.23. The molecule has 0 bridgehead atoms. The van der Waals surface area contributed by atoms with Crippen molar-refractivity contribution >= 4 is 6.09 Å². The number of rotatable bonds is 3. The van der Waals surface area contributed by atoms with Crippen molar-refractivity contribution in [2.75, 3.05) is 26.2 Å². The van der Waals surface area contributed by atoms with E-state index in [9.17, 15) is 4.79 Å². The summed E-state index contributed by atoms with van der Waals surface area (Å²) in [6.07, 6.45) is 5.88. The Morgan fingerprint density at radius 1 is 1.23 bits per heavy atom. The number of amides is 1. The maximum Gasteiger partial charge on any atom is 0.410 e. The Morgan fingerprint density at radius 3 is 2.41 bits per heavy atom. The Hall–Kier alpha value is -0.810. The van der Waals surface area contributed by atoms with Crippen molar-refractivity contribution in [2.45, 2.75) is 70.1 Å². The van der Waals surface area contributed by atoms with Gasteiger partial charge in [0.2, 0.25) is 0 Å². The predicted octanol–water partition coefficient (Wildman–Crippen LogP) is 2.12. The van der Waals surface area contributed by atoms with E-state index in [2.05, 4.69) is 10.6 Å². The number of carbonyl (C=O) groups excluding carboxylic acids is 1. The zero-order valence-electron chi connectivity index (χ0n) is 14.3. The van der Waals surface area contributed by atoms with E-state index in [1.54, 1.807) is 0 Å². The smallest absolute Gasteiger partial charge is 0.410 e. The lowest BCUT2D eigenvalue weighted by molar-refractivity contribution is 0.0192. The van der Waals surface area contributed by atoms with Gasteiger partial charge in [0.05, 0.1) is 0 Å². The van der Waals surface area contributed by atoms with E-state index >= 15 is 0 Å². The molecule has 3 rings (SSSR count). The minimum absolute atomic E-state index is 0.160. The average molecular weight is 309 g/mol. The van der Waals surface area contributed by atoms with Crippen LogP contribution in [-0.2, 0) is 4.74 Å². The molecule has 3 aliphatic rings. The minimum atomic E-state index is -0.403. The van der Waals surface area contributed by atoms with Crippen LogP contribution in [0, 0.1) is 5.92 Å². The molecule has 126 valence electrons. The van der Waals surface area contributed by atoms with E-state index in [1.807, 2.05) is 25.7 Å². The van der Waals surface area contributed by atoms with Crippen LogP contribution < -0.4 is 10.6 Å². The third-order valence-corrected chi connectivity index (χ3v) is 5.27. The number of nitrogens with one attached hydrogen (secondary N) is 2. The van der Waals surface area contributed by atoms with E-state index in [0.717, 1.165) is 31.8 Å². The molecule has 2 aliphatic heterocycles. The van der Waals surface area contributed by atoms with Gasteiger partial charge < -0.3 is 20.3 Å². The normalized spacial score (nSPS) is 28.7. The van der Waals surface area contributed by atoms with Gasteiger partial charge in [-0.15, -0.1) is 0 Å². The fraction of sp³-hybridized carbons (Fsp3) is 0.941. The molecule has 1 saturated carbocycles. The maximum atomic E-state index is 12.1. The molecule has 0 radical (unpaired) electrons. The summed E-state index contributed by atoms with van der Waals surface area (Å²) >= 11 is 0. The fourth-order valence-corrected chi connectivity index (χ4v) is 3.87. The number of nitrogens with zero attached hydrogens (tertiary/aromatic N) is 1. The average Bonchev–Trinajstić information content (AvgIpc) is 3.01. The van der Waals surface area contributed by atoms with Crippen LogP contribution in [0.3, 0.4) is 0 Å². The second kappa shape index (κ2) is 6.00. The summed E-state index contributed by atoms with van der Waals surface area (Å²) in [5, 5.41) is 7.43. The molecule has 5 heteroatoms. The van der Waals surface area contributed by atoms with Gasteiger partial charge in [-0.1, -0.05) is 0 Å². The molecule has 1 aliphatic carbocycles. The molecule has 1 amide bonds. The fourth-order valence-electron chi connectivity index (χ4n) is 3.87. The van der Waals surface area contributed by atoms with Crippen LogP contribution in [0.4, 0.5) is 4.79 Å². The van der Waals surface area contributed by atoms with E-state index in [4.69, 9.17) is 4.74 Å². The van der Waals surface area contributed by atoms with Crippen LogP contribution >= 0.6 is 0 Å². The zero-order valence-corrected chi connectivity index (χ0v) is 14.3. The highest BCUT2D eigenvalue weighted by Crippen LogP contribution is 2.45. The Bertz CT molecular complexity index is 401. The number of hydrogen-bond acceptors (Lipinski definition) is 4. The summed E-state index contributed by atoms with van der Waals surface area (Å²) in [5.74, 6) is 0.802. The van der Waals surface area contributed by atoms with E-state index in [0.29, 0.717) is 11.6 Å². The van der Waals surface area contributed by atoms with Gasteiger partial charge in [0.25, 0.3) is 0 Å². The quantitative estimate of drug-likeness (QED) is 0.838. The van der Waals surface area contributed by atoms with Crippen LogP contribution in [0.5, 0.6) is 0 Å². The van der Waals surface area contributed by atoms with Gasteiger partial charge in [-0.3, -0.25) is 0 Å². The molecule has 0 unspecified atom stereocenters. The molecular weight excluding hydrogens is 278 g/mol. The first kappa shape index (κ1) is 16.1. The van der Waals surface area contributed by atoms with Crippen molar-refractivity contribution in [3.63, 3.8) is 0 Å². The van der Waals surface area contributed by atoms with Crippen LogP contribution in [0.25, 0.3) is 0 Å². The van der Waals surface area contributed by atoms with Gasteiger partial charge in [0.15, 0.2) is 0 Å². The molecule has 0 aromatic rings. The molecule has 2 heterocycles. The summed E-state index contributed by atoms with van der Waals surface area (Å²) in [7, 11) is 0. The van der Waals surface area contributed by atoms with Gasteiger partial charge >= 0.3 is 6.09 Å². The number of hydrogen-bond donors (Lipinski definition) is 2. The SMILES string of the molecule is CC(C)(C)OC(=O)N1CCC(NC2([C@@H]3CCNC3)CC2)CC1. The molecule has 0 aromatic carbocycles. The monoisotopic (exact) mass is 309 g/mol. The molecule has 5 nitrogen and oxygen atoms in total. The highest BCUT2D eigenvalue weighted by molar-refractivity contribution is 5.68. The van der Waals surface area contributed by atoms with Crippen LogP contribution in [0.1, 0.15) is 52.9 Å². The number of piperidine rings is 1. The predicted molar refractivity (Wildman–Crippen MR) is 86.9 cm³/mol. The third-order valence-electron chi connectivity index (χ3n) is 5.27. The van der Waals surface area contributed by atoms with Crippen molar-refractivity contribution in [1.29, 1.82) is 0 Å². The molecule has 2 N–H and O–H groups in total. The van der Waals surface area contributed by atoms with Gasteiger partial charge in [0.1, 0.15) is 5.60 Å². The summed E-state index contributed by atoms with van der Waals surface area (Å²) in [4.78, 5) is 14.0. The molecule has 0 aromatic heterocycles. The molecule has 0 spiro atoms. The molecule has 22 heavy (non-hydrogen) atoms. The Morgan fingerprint density at radius 2 is 1.91 bits per heavy atom. The highest BCUT2D eigenvalue weighted by atomic mass is 16.6. The zero-order chi connectivity index (χ0) is 15.8. The van der Waals surface area contributed by atoms with E-state index < -0.39 is 5.60 Å². The Labute approximate surface area is 134 Å². The largest absolute Gasteiger partial charge is 0.444 e. The maximum absolute atomic E-state index is 12.1. The second-order valence-corrected chi connectivity index (χ2v) is 8.23. The lowest BCUT2D eigenvalue weighted by Gasteiger charge is -2.36. The molecular formula is C17H31N3O2. The Balaban J connectivity index is 1.45. The summed E-state index contributed by atoms with van der Waals surface area (Å²) in [5.41, 5.74) is 0.00197. The minimum Gasteiger partial charge on any atom is -0.444 e. The van der Waals surface area contributed by atoms with Gasteiger partial charge in [-0.2, -0.15) is 0 Å². The topological polar surface area (TPSA) is 53.6 Å². The van der Waals surface area contributed by atoms with Crippen molar-refractivity contribution < 1.29 is 9.53 Å². The highest BCUT2D eigenvalue weighted by Gasteiger charge is 2.50. The molecule has 1 atom stereocenters. The number of carbonyl (C=O) groups is 1. The lowest BCUT2D eigenvalue weighted by Crippen LogP contribution is -2.51. The lowest BCUT2D eigenvalue weighted by atomic mass is 9.93. The number of likely N-dealkylation sites (tertiary alicyclic amines) is 1. The Kier molecular flexibility index (Phi) is 4.38. The molecule has 3 fully saturated rings. The van der Waals surface area contributed by atoms with Crippen molar-refractivity contribution in [3.8, 4) is 0 Å². The van der Waals surface area contributed by atoms with Gasteiger partial charge in [-0.05, 0) is 71.9 Å². The van der Waals surface area contributed by atoms with Crippen molar-refractivity contribution in [3.05, 3.63) is 0 Å². The van der Waals surface area contributed by atoms with Crippen LogP contribution in [0.15, 0.2) is 0 Å². The van der Waals surface area contributed by atoms with Crippen molar-refractivity contribution in [1.82, 2.24) is 15.5 Å². The molecule has 2 saturated heterocycles. The number of ether oxygens (including phenoxy) is 1. The summed E-state index contributed by atoms with van der Waals surface area (Å²) in [6, 6.07) is 0.557. The first-order valence-electron chi connectivity index (χ1n) is 8.84. The van der Waals surface area contributed by atoms with E-state index in [1.165, 1.54) is 32.4 Å².